The zero-order valence-electron chi connectivity index (χ0n) is 15.7. The van der Waals surface area contributed by atoms with Gasteiger partial charge in [-0.15, -0.1) is 0 Å². The number of anilines is 2. The maximum atomic E-state index is 12.4. The molecule has 2 aromatic rings. The summed E-state index contributed by atoms with van der Waals surface area (Å²) in [5.74, 6) is 0.827. The van der Waals surface area contributed by atoms with Gasteiger partial charge in [0.05, 0.1) is 5.56 Å². The van der Waals surface area contributed by atoms with E-state index >= 15 is 0 Å². The van der Waals surface area contributed by atoms with E-state index in [-0.39, 0.29) is 5.91 Å². The molecule has 138 valence electrons. The minimum Gasteiger partial charge on any atom is -0.355 e. The Labute approximate surface area is 156 Å². The van der Waals surface area contributed by atoms with E-state index in [1.54, 1.807) is 6.20 Å². The summed E-state index contributed by atoms with van der Waals surface area (Å²) in [6, 6.07) is 11.6. The van der Waals surface area contributed by atoms with Crippen LogP contribution in [-0.4, -0.2) is 48.5 Å². The number of aryl methyl sites for hydroxylation is 1. The lowest BCUT2D eigenvalue weighted by atomic mass is 10.2. The Bertz CT molecular complexity index is 712. The van der Waals surface area contributed by atoms with Gasteiger partial charge in [-0.3, -0.25) is 4.79 Å². The van der Waals surface area contributed by atoms with Crippen molar-refractivity contribution in [1.82, 2.24) is 9.88 Å². The summed E-state index contributed by atoms with van der Waals surface area (Å²) >= 11 is 0. The van der Waals surface area contributed by atoms with Crippen LogP contribution in [0.5, 0.6) is 0 Å². The molecule has 26 heavy (non-hydrogen) atoms. The van der Waals surface area contributed by atoms with Gasteiger partial charge >= 0.3 is 0 Å². The first-order valence-corrected chi connectivity index (χ1v) is 9.47. The second kappa shape index (κ2) is 8.81. The lowest BCUT2D eigenvalue weighted by Gasteiger charge is -2.22. The van der Waals surface area contributed by atoms with Crippen molar-refractivity contribution >= 4 is 17.4 Å². The fraction of sp³-hybridized carbons (Fsp3) is 0.429. The number of nitrogens with zero attached hydrogens (tertiary/aromatic N) is 3. The van der Waals surface area contributed by atoms with Gasteiger partial charge in [0, 0.05) is 31.5 Å². The summed E-state index contributed by atoms with van der Waals surface area (Å²) in [5.41, 5.74) is 2.55. The smallest absolute Gasteiger partial charge is 0.257 e. The molecule has 0 bridgehead atoms. The molecule has 5 nitrogen and oxygen atoms in total. The number of nitrogens with one attached hydrogen (secondary N) is 1. The highest BCUT2D eigenvalue weighted by atomic mass is 16.1. The van der Waals surface area contributed by atoms with Crippen molar-refractivity contribution < 1.29 is 4.79 Å². The van der Waals surface area contributed by atoms with Crippen LogP contribution in [-0.2, 0) is 0 Å². The van der Waals surface area contributed by atoms with Gasteiger partial charge in [-0.05, 0) is 57.1 Å². The first-order chi connectivity index (χ1) is 12.7. The van der Waals surface area contributed by atoms with E-state index in [2.05, 4.69) is 27.0 Å². The second-order valence-corrected chi connectivity index (χ2v) is 6.91. The molecule has 0 saturated carbocycles. The largest absolute Gasteiger partial charge is 0.355 e. The number of amides is 1. The van der Waals surface area contributed by atoms with Gasteiger partial charge in [-0.2, -0.15) is 0 Å². The van der Waals surface area contributed by atoms with Crippen molar-refractivity contribution in [3.8, 4) is 0 Å². The van der Waals surface area contributed by atoms with Gasteiger partial charge in [0.1, 0.15) is 5.82 Å². The van der Waals surface area contributed by atoms with Crippen LogP contribution >= 0.6 is 0 Å². The van der Waals surface area contributed by atoms with Gasteiger partial charge in [0.25, 0.3) is 5.91 Å². The summed E-state index contributed by atoms with van der Waals surface area (Å²) < 4.78 is 0. The molecule has 1 aromatic carbocycles. The molecule has 1 fully saturated rings. The predicted molar refractivity (Wildman–Crippen MR) is 107 cm³/mol. The molecule has 1 N–H and O–H groups in total. The Balaban J connectivity index is 1.60. The standard InChI is InChI=1S/C21H28N4O/c1-3-11-24-12-4-13-25(15-14-24)20-10-7-18(16-22-20)21(26)23-19-8-5-17(2)6-9-19/h5-10,16H,3-4,11-15H2,1-2H3,(H,23,26). The second-order valence-electron chi connectivity index (χ2n) is 6.91. The van der Waals surface area contributed by atoms with Crippen LogP contribution in [0.25, 0.3) is 0 Å². The average Bonchev–Trinajstić information content (AvgIpc) is 2.90. The fourth-order valence-electron chi connectivity index (χ4n) is 3.29. The van der Waals surface area contributed by atoms with Gasteiger partial charge in [0.15, 0.2) is 0 Å². The molecule has 0 unspecified atom stereocenters. The highest BCUT2D eigenvalue weighted by Gasteiger charge is 2.16. The maximum absolute atomic E-state index is 12.4. The Morgan fingerprint density at radius 2 is 1.88 bits per heavy atom. The number of carbonyl (C=O) groups is 1. The summed E-state index contributed by atoms with van der Waals surface area (Å²) in [7, 11) is 0. The van der Waals surface area contributed by atoms with Crippen molar-refractivity contribution in [3.63, 3.8) is 0 Å². The number of rotatable bonds is 5. The summed E-state index contributed by atoms with van der Waals surface area (Å²) in [4.78, 5) is 21.8. The zero-order valence-corrected chi connectivity index (χ0v) is 15.7. The number of aromatic nitrogens is 1. The van der Waals surface area contributed by atoms with Crippen molar-refractivity contribution in [3.05, 3.63) is 53.7 Å². The molecule has 0 atom stereocenters. The molecule has 0 spiro atoms. The van der Waals surface area contributed by atoms with E-state index in [1.165, 1.54) is 18.5 Å². The van der Waals surface area contributed by atoms with Crippen LogP contribution in [0.15, 0.2) is 42.6 Å². The topological polar surface area (TPSA) is 48.5 Å². The van der Waals surface area contributed by atoms with Gasteiger partial charge < -0.3 is 15.1 Å². The fourth-order valence-corrected chi connectivity index (χ4v) is 3.29. The summed E-state index contributed by atoms with van der Waals surface area (Å²) in [5, 5.41) is 2.92. The lowest BCUT2D eigenvalue weighted by Crippen LogP contribution is -2.31. The molecule has 1 amide bonds. The number of pyridine rings is 1. The number of carbonyl (C=O) groups excluding carboxylic acids is 1. The Kier molecular flexibility index (Phi) is 6.23. The van der Waals surface area contributed by atoms with Gasteiger partial charge in [-0.25, -0.2) is 4.98 Å². The minimum absolute atomic E-state index is 0.127. The molecule has 5 heteroatoms. The Morgan fingerprint density at radius 3 is 2.58 bits per heavy atom. The molecule has 0 aliphatic carbocycles. The normalized spacial score (nSPS) is 15.5. The predicted octanol–water partition coefficient (Wildman–Crippen LogP) is 3.56. The molecule has 1 aliphatic heterocycles. The average molecular weight is 352 g/mol. The van der Waals surface area contributed by atoms with Crippen LogP contribution in [0.1, 0.15) is 35.7 Å². The molecule has 0 radical (unpaired) electrons. The van der Waals surface area contributed by atoms with Crippen LogP contribution in [0.2, 0.25) is 0 Å². The Hall–Kier alpha value is -2.40. The van der Waals surface area contributed by atoms with E-state index < -0.39 is 0 Å². The third-order valence-corrected chi connectivity index (χ3v) is 4.77. The van der Waals surface area contributed by atoms with Gasteiger partial charge in [-0.1, -0.05) is 24.6 Å². The third-order valence-electron chi connectivity index (χ3n) is 4.77. The quantitative estimate of drug-likeness (QED) is 0.894. The molecular weight excluding hydrogens is 324 g/mol. The highest BCUT2D eigenvalue weighted by Crippen LogP contribution is 2.16. The Morgan fingerprint density at radius 1 is 1.08 bits per heavy atom. The van der Waals surface area contributed by atoms with Crippen molar-refractivity contribution in [2.75, 3.05) is 42.9 Å². The van der Waals surface area contributed by atoms with Crippen molar-refractivity contribution in [1.29, 1.82) is 0 Å². The van der Waals surface area contributed by atoms with E-state index in [1.807, 2.05) is 43.3 Å². The molecular formula is C21H28N4O. The van der Waals surface area contributed by atoms with E-state index in [0.717, 1.165) is 44.1 Å². The monoisotopic (exact) mass is 352 g/mol. The van der Waals surface area contributed by atoms with Crippen molar-refractivity contribution in [2.45, 2.75) is 26.7 Å². The molecule has 3 rings (SSSR count). The first-order valence-electron chi connectivity index (χ1n) is 9.47. The van der Waals surface area contributed by atoms with E-state index in [4.69, 9.17) is 0 Å². The first kappa shape index (κ1) is 18.4. The third kappa shape index (κ3) is 4.82. The summed E-state index contributed by atoms with van der Waals surface area (Å²) in [6.07, 6.45) is 4.02. The molecule has 1 aromatic heterocycles. The van der Waals surface area contributed by atoms with Crippen LogP contribution < -0.4 is 10.2 Å². The zero-order chi connectivity index (χ0) is 18.4. The maximum Gasteiger partial charge on any atom is 0.257 e. The number of benzene rings is 1. The van der Waals surface area contributed by atoms with Crippen LogP contribution in [0.3, 0.4) is 0 Å². The number of hydrogen-bond acceptors (Lipinski definition) is 4. The minimum atomic E-state index is -0.127. The van der Waals surface area contributed by atoms with Gasteiger partial charge in [0.2, 0.25) is 0 Å². The van der Waals surface area contributed by atoms with E-state index in [0.29, 0.717) is 5.56 Å². The lowest BCUT2D eigenvalue weighted by molar-refractivity contribution is 0.102. The van der Waals surface area contributed by atoms with Crippen LogP contribution in [0, 0.1) is 6.92 Å². The molecule has 1 aliphatic rings. The van der Waals surface area contributed by atoms with Crippen molar-refractivity contribution in [2.24, 2.45) is 0 Å². The molecule has 2 heterocycles. The molecule has 1 saturated heterocycles. The number of hydrogen-bond donors (Lipinski definition) is 1. The van der Waals surface area contributed by atoms with E-state index in [9.17, 15) is 4.79 Å². The SMILES string of the molecule is CCCN1CCCN(c2ccc(C(=O)Nc3ccc(C)cc3)cn2)CC1. The van der Waals surface area contributed by atoms with Crippen LogP contribution in [0.4, 0.5) is 11.5 Å². The summed E-state index contributed by atoms with van der Waals surface area (Å²) in [6.45, 7) is 9.65. The highest BCUT2D eigenvalue weighted by molar-refractivity contribution is 6.04.